The molecule has 0 aromatic rings. The lowest BCUT2D eigenvalue weighted by molar-refractivity contribution is 0.208. The molecule has 1 unspecified atom stereocenters. The number of hydrogen-bond donors (Lipinski definition) is 1. The second kappa shape index (κ2) is 5.34. The molecule has 0 radical (unpaired) electrons. The predicted octanol–water partition coefficient (Wildman–Crippen LogP) is 1.79. The van der Waals surface area contributed by atoms with Crippen molar-refractivity contribution in [3.63, 3.8) is 0 Å². The van der Waals surface area contributed by atoms with Crippen molar-refractivity contribution < 1.29 is 0 Å². The molecule has 1 heterocycles. The maximum Gasteiger partial charge on any atom is 0.0348 e. The molecular formula is C11H23ClN2. The summed E-state index contributed by atoms with van der Waals surface area (Å²) in [6, 6.07) is 0. The molecule has 1 rings (SSSR count). The van der Waals surface area contributed by atoms with E-state index in [1.807, 2.05) is 0 Å². The molecule has 0 amide bonds. The number of nitrogens with zero attached hydrogens (tertiary/aromatic N) is 1. The van der Waals surface area contributed by atoms with Gasteiger partial charge in [-0.2, -0.15) is 0 Å². The van der Waals surface area contributed by atoms with Gasteiger partial charge in [-0.3, -0.25) is 0 Å². The average Bonchev–Trinajstić information content (AvgIpc) is 2.53. The third-order valence-electron chi connectivity index (χ3n) is 3.35. The highest BCUT2D eigenvalue weighted by Crippen LogP contribution is 2.32. The van der Waals surface area contributed by atoms with Gasteiger partial charge in [0.15, 0.2) is 0 Å². The number of nitrogens with one attached hydrogen (secondary N) is 1. The predicted molar refractivity (Wildman–Crippen MR) is 63.0 cm³/mol. The summed E-state index contributed by atoms with van der Waals surface area (Å²) in [6.45, 7) is 9.22. The van der Waals surface area contributed by atoms with E-state index in [0.29, 0.717) is 11.3 Å². The molecule has 1 aliphatic heterocycles. The molecule has 0 spiro atoms. The Bertz CT molecular complexity index is 171. The van der Waals surface area contributed by atoms with Crippen molar-refractivity contribution in [2.75, 3.05) is 39.1 Å². The molecule has 14 heavy (non-hydrogen) atoms. The largest absolute Gasteiger partial charge is 0.315 e. The first-order chi connectivity index (χ1) is 6.56. The van der Waals surface area contributed by atoms with Crippen molar-refractivity contribution in [3.05, 3.63) is 0 Å². The van der Waals surface area contributed by atoms with E-state index in [1.54, 1.807) is 0 Å². The van der Waals surface area contributed by atoms with Crippen LogP contribution in [0.4, 0.5) is 0 Å². The van der Waals surface area contributed by atoms with Gasteiger partial charge in [-0.1, -0.05) is 13.8 Å². The van der Waals surface area contributed by atoms with E-state index in [1.165, 1.54) is 19.5 Å². The molecule has 1 N–H and O–H groups in total. The Kier molecular flexibility index (Phi) is 4.68. The van der Waals surface area contributed by atoms with Gasteiger partial charge in [0, 0.05) is 25.5 Å². The van der Waals surface area contributed by atoms with Crippen molar-refractivity contribution in [1.29, 1.82) is 0 Å². The van der Waals surface area contributed by atoms with Crippen LogP contribution in [0.5, 0.6) is 0 Å². The zero-order chi connectivity index (χ0) is 10.6. The fourth-order valence-corrected chi connectivity index (χ4v) is 2.33. The van der Waals surface area contributed by atoms with Crippen LogP contribution in [-0.4, -0.2) is 44.0 Å². The second-order valence-electron chi connectivity index (χ2n) is 5.10. The van der Waals surface area contributed by atoms with Gasteiger partial charge >= 0.3 is 0 Å². The van der Waals surface area contributed by atoms with Crippen molar-refractivity contribution in [1.82, 2.24) is 10.2 Å². The van der Waals surface area contributed by atoms with Gasteiger partial charge in [-0.15, -0.1) is 11.6 Å². The van der Waals surface area contributed by atoms with Crippen LogP contribution >= 0.6 is 11.6 Å². The molecule has 0 saturated carbocycles. The Morgan fingerprint density at radius 1 is 1.50 bits per heavy atom. The van der Waals surface area contributed by atoms with E-state index in [2.05, 4.69) is 31.1 Å². The van der Waals surface area contributed by atoms with Gasteiger partial charge < -0.3 is 10.2 Å². The topological polar surface area (TPSA) is 15.3 Å². The van der Waals surface area contributed by atoms with E-state index in [9.17, 15) is 0 Å². The molecule has 2 nitrogen and oxygen atoms in total. The normalized spacial score (nSPS) is 24.4. The average molecular weight is 219 g/mol. The van der Waals surface area contributed by atoms with Crippen molar-refractivity contribution in [2.45, 2.75) is 20.3 Å². The van der Waals surface area contributed by atoms with E-state index >= 15 is 0 Å². The van der Waals surface area contributed by atoms with E-state index in [0.717, 1.165) is 19.0 Å². The molecule has 0 aromatic heterocycles. The molecule has 0 aromatic carbocycles. The Balaban J connectivity index is 2.32. The first-order valence-electron chi connectivity index (χ1n) is 5.51. The smallest absolute Gasteiger partial charge is 0.0348 e. The zero-order valence-corrected chi connectivity index (χ0v) is 10.4. The summed E-state index contributed by atoms with van der Waals surface area (Å²) in [5.41, 5.74) is 0.400. The summed E-state index contributed by atoms with van der Waals surface area (Å²) in [4.78, 5) is 2.42. The number of hydrogen-bond acceptors (Lipinski definition) is 2. The van der Waals surface area contributed by atoms with E-state index in [-0.39, 0.29) is 0 Å². The minimum atomic E-state index is 0.400. The molecule has 3 heteroatoms. The van der Waals surface area contributed by atoms with Crippen LogP contribution < -0.4 is 5.32 Å². The monoisotopic (exact) mass is 218 g/mol. The Labute approximate surface area is 93.0 Å². The molecule has 84 valence electrons. The maximum atomic E-state index is 5.64. The third kappa shape index (κ3) is 3.41. The zero-order valence-electron chi connectivity index (χ0n) is 9.65. The van der Waals surface area contributed by atoms with Crippen LogP contribution in [0, 0.1) is 11.3 Å². The lowest BCUT2D eigenvalue weighted by atomic mass is 9.78. The van der Waals surface area contributed by atoms with Crippen LogP contribution in [0.2, 0.25) is 0 Å². The van der Waals surface area contributed by atoms with Gasteiger partial charge in [-0.05, 0) is 31.3 Å². The Hall–Kier alpha value is 0.210. The molecular weight excluding hydrogens is 196 g/mol. The number of rotatable bonds is 5. The van der Waals surface area contributed by atoms with Crippen molar-refractivity contribution in [2.24, 2.45) is 11.3 Å². The number of likely N-dealkylation sites (tertiary alicyclic amines) is 1. The molecule has 0 aliphatic carbocycles. The second-order valence-corrected chi connectivity index (χ2v) is 5.48. The van der Waals surface area contributed by atoms with Crippen LogP contribution in [0.25, 0.3) is 0 Å². The lowest BCUT2D eigenvalue weighted by Gasteiger charge is -2.31. The fourth-order valence-electron chi connectivity index (χ4n) is 2.19. The fraction of sp³-hybridized carbons (Fsp3) is 1.00. The quantitative estimate of drug-likeness (QED) is 0.559. The number of halogens is 1. The van der Waals surface area contributed by atoms with Gasteiger partial charge in [0.25, 0.3) is 0 Å². The summed E-state index contributed by atoms with van der Waals surface area (Å²) in [7, 11) is 2.21. The molecule has 1 aliphatic rings. The highest BCUT2D eigenvalue weighted by Gasteiger charge is 2.33. The number of alkyl halides is 1. The first-order valence-corrected chi connectivity index (χ1v) is 6.05. The molecule has 1 fully saturated rings. The van der Waals surface area contributed by atoms with E-state index < -0.39 is 0 Å². The summed E-state index contributed by atoms with van der Waals surface area (Å²) >= 11 is 5.64. The lowest BCUT2D eigenvalue weighted by Crippen LogP contribution is -2.37. The van der Waals surface area contributed by atoms with Gasteiger partial charge in [0.1, 0.15) is 0 Å². The summed E-state index contributed by atoms with van der Waals surface area (Å²) in [5, 5.41) is 3.42. The van der Waals surface area contributed by atoms with E-state index in [4.69, 9.17) is 11.6 Å². The SMILES string of the molecule is CN1CCC(C(C)(C)CNCCCl)C1. The molecule has 1 atom stereocenters. The highest BCUT2D eigenvalue weighted by atomic mass is 35.5. The van der Waals surface area contributed by atoms with Crippen LogP contribution in [-0.2, 0) is 0 Å². The minimum absolute atomic E-state index is 0.400. The molecule has 0 bridgehead atoms. The Morgan fingerprint density at radius 2 is 2.21 bits per heavy atom. The summed E-state index contributed by atoms with van der Waals surface area (Å²) < 4.78 is 0. The van der Waals surface area contributed by atoms with Gasteiger partial charge in [0.2, 0.25) is 0 Å². The third-order valence-corrected chi connectivity index (χ3v) is 3.54. The van der Waals surface area contributed by atoms with Gasteiger partial charge in [-0.25, -0.2) is 0 Å². The molecule has 1 saturated heterocycles. The summed E-state index contributed by atoms with van der Waals surface area (Å²) in [6.07, 6.45) is 1.34. The van der Waals surface area contributed by atoms with Crippen molar-refractivity contribution >= 4 is 11.6 Å². The highest BCUT2D eigenvalue weighted by molar-refractivity contribution is 6.18. The Morgan fingerprint density at radius 3 is 2.71 bits per heavy atom. The standard InChI is InChI=1S/C11H23ClN2/c1-11(2,9-13-6-5-12)10-4-7-14(3)8-10/h10,13H,4-9H2,1-3H3. The minimum Gasteiger partial charge on any atom is -0.315 e. The maximum absolute atomic E-state index is 5.64. The van der Waals surface area contributed by atoms with Crippen LogP contribution in [0.3, 0.4) is 0 Å². The summed E-state index contributed by atoms with van der Waals surface area (Å²) in [5.74, 6) is 1.54. The van der Waals surface area contributed by atoms with Crippen molar-refractivity contribution in [3.8, 4) is 0 Å². The van der Waals surface area contributed by atoms with Gasteiger partial charge in [0.05, 0.1) is 0 Å². The first kappa shape index (κ1) is 12.3. The van der Waals surface area contributed by atoms with Crippen LogP contribution in [0.15, 0.2) is 0 Å². The van der Waals surface area contributed by atoms with Crippen LogP contribution in [0.1, 0.15) is 20.3 Å².